The summed E-state index contributed by atoms with van der Waals surface area (Å²) in [6.07, 6.45) is 0.757. The number of oxazole rings is 1. The molecular formula is C11H11NO3. The SMILES string of the molecule is CCc1nc2cc(CC(=O)O)ccc2o1. The molecule has 15 heavy (non-hydrogen) atoms. The molecule has 0 spiro atoms. The van der Waals surface area contributed by atoms with Crippen molar-refractivity contribution >= 4 is 17.1 Å². The molecule has 0 saturated carbocycles. The van der Waals surface area contributed by atoms with E-state index >= 15 is 0 Å². The predicted octanol–water partition coefficient (Wildman–Crippen LogP) is 2.02. The van der Waals surface area contributed by atoms with Crippen molar-refractivity contribution in [3.8, 4) is 0 Å². The topological polar surface area (TPSA) is 63.3 Å². The van der Waals surface area contributed by atoms with Crippen LogP contribution in [-0.4, -0.2) is 16.1 Å². The predicted molar refractivity (Wildman–Crippen MR) is 54.7 cm³/mol. The van der Waals surface area contributed by atoms with Crippen molar-refractivity contribution in [1.29, 1.82) is 0 Å². The van der Waals surface area contributed by atoms with Gasteiger partial charge >= 0.3 is 5.97 Å². The first-order valence-corrected chi connectivity index (χ1v) is 4.79. The zero-order valence-electron chi connectivity index (χ0n) is 8.36. The van der Waals surface area contributed by atoms with Gasteiger partial charge in [-0.25, -0.2) is 4.98 Å². The molecule has 0 atom stereocenters. The number of hydrogen-bond donors (Lipinski definition) is 1. The number of carboxylic acid groups (broad SMARTS) is 1. The van der Waals surface area contributed by atoms with Gasteiger partial charge in [0, 0.05) is 6.42 Å². The maximum atomic E-state index is 10.5. The lowest BCUT2D eigenvalue weighted by atomic mass is 10.1. The second-order valence-electron chi connectivity index (χ2n) is 3.33. The summed E-state index contributed by atoms with van der Waals surface area (Å²) in [5.74, 6) is -0.161. The fourth-order valence-electron chi connectivity index (χ4n) is 1.46. The molecule has 1 aromatic carbocycles. The quantitative estimate of drug-likeness (QED) is 0.832. The van der Waals surface area contributed by atoms with Crippen LogP contribution in [0.2, 0.25) is 0 Å². The lowest BCUT2D eigenvalue weighted by molar-refractivity contribution is -0.136. The first kappa shape index (κ1) is 9.71. The zero-order chi connectivity index (χ0) is 10.8. The van der Waals surface area contributed by atoms with Crippen LogP contribution in [0.5, 0.6) is 0 Å². The van der Waals surface area contributed by atoms with Crippen LogP contribution in [0.3, 0.4) is 0 Å². The van der Waals surface area contributed by atoms with Crippen LogP contribution in [0.15, 0.2) is 22.6 Å². The second-order valence-corrected chi connectivity index (χ2v) is 3.33. The van der Waals surface area contributed by atoms with Gasteiger partial charge in [0.2, 0.25) is 0 Å². The van der Waals surface area contributed by atoms with Gasteiger partial charge in [0.1, 0.15) is 5.52 Å². The molecule has 1 heterocycles. The molecule has 0 aliphatic heterocycles. The standard InChI is InChI=1S/C11H11NO3/c1-2-10-12-8-5-7(6-11(13)14)3-4-9(8)15-10/h3-5H,2,6H2,1H3,(H,13,14). The van der Waals surface area contributed by atoms with Crippen molar-refractivity contribution < 1.29 is 14.3 Å². The number of hydrogen-bond acceptors (Lipinski definition) is 3. The highest BCUT2D eigenvalue weighted by Crippen LogP contribution is 2.17. The van der Waals surface area contributed by atoms with Crippen molar-refractivity contribution in [2.45, 2.75) is 19.8 Å². The number of carboxylic acids is 1. The monoisotopic (exact) mass is 205 g/mol. The van der Waals surface area contributed by atoms with Crippen LogP contribution in [0.25, 0.3) is 11.1 Å². The molecule has 0 saturated heterocycles. The van der Waals surface area contributed by atoms with Crippen LogP contribution >= 0.6 is 0 Å². The smallest absolute Gasteiger partial charge is 0.307 e. The minimum absolute atomic E-state index is 0.0181. The first-order valence-electron chi connectivity index (χ1n) is 4.79. The van der Waals surface area contributed by atoms with E-state index in [9.17, 15) is 4.79 Å². The highest BCUT2D eigenvalue weighted by Gasteiger charge is 2.06. The Labute approximate surface area is 86.5 Å². The van der Waals surface area contributed by atoms with Crippen molar-refractivity contribution in [3.63, 3.8) is 0 Å². The van der Waals surface area contributed by atoms with Crippen LogP contribution in [0, 0.1) is 0 Å². The van der Waals surface area contributed by atoms with E-state index in [1.54, 1.807) is 18.2 Å². The maximum Gasteiger partial charge on any atom is 0.307 e. The number of rotatable bonds is 3. The van der Waals surface area contributed by atoms with Gasteiger partial charge in [0.05, 0.1) is 6.42 Å². The zero-order valence-corrected chi connectivity index (χ0v) is 8.36. The molecule has 0 fully saturated rings. The Morgan fingerprint density at radius 2 is 2.33 bits per heavy atom. The van der Waals surface area contributed by atoms with Gasteiger partial charge in [0.15, 0.2) is 11.5 Å². The molecule has 1 aromatic heterocycles. The number of aliphatic carboxylic acids is 1. The van der Waals surface area contributed by atoms with Crippen LogP contribution in [0.4, 0.5) is 0 Å². The number of aryl methyl sites for hydroxylation is 1. The van der Waals surface area contributed by atoms with Gasteiger partial charge < -0.3 is 9.52 Å². The third kappa shape index (κ3) is 1.98. The molecule has 0 aliphatic carbocycles. The Morgan fingerprint density at radius 3 is 3.00 bits per heavy atom. The molecule has 0 unspecified atom stereocenters. The third-order valence-electron chi connectivity index (χ3n) is 2.15. The van der Waals surface area contributed by atoms with E-state index < -0.39 is 5.97 Å². The molecule has 4 heteroatoms. The van der Waals surface area contributed by atoms with Gasteiger partial charge in [-0.15, -0.1) is 0 Å². The summed E-state index contributed by atoms with van der Waals surface area (Å²) in [4.78, 5) is 14.8. The molecule has 0 radical (unpaired) electrons. The van der Waals surface area contributed by atoms with E-state index in [1.165, 1.54) is 0 Å². The van der Waals surface area contributed by atoms with Gasteiger partial charge in [-0.1, -0.05) is 13.0 Å². The Balaban J connectivity index is 2.41. The van der Waals surface area contributed by atoms with Crippen LogP contribution in [0.1, 0.15) is 18.4 Å². The average molecular weight is 205 g/mol. The molecule has 0 bridgehead atoms. The Morgan fingerprint density at radius 1 is 1.53 bits per heavy atom. The van der Waals surface area contributed by atoms with E-state index in [1.807, 2.05) is 6.92 Å². The number of carbonyl (C=O) groups is 1. The number of nitrogens with zero attached hydrogens (tertiary/aromatic N) is 1. The fourth-order valence-corrected chi connectivity index (χ4v) is 1.46. The summed E-state index contributed by atoms with van der Waals surface area (Å²) >= 11 is 0. The Bertz CT molecular complexity index is 502. The van der Waals surface area contributed by atoms with Crippen molar-refractivity contribution in [3.05, 3.63) is 29.7 Å². The van der Waals surface area contributed by atoms with E-state index in [2.05, 4.69) is 4.98 Å². The minimum Gasteiger partial charge on any atom is -0.481 e. The largest absolute Gasteiger partial charge is 0.481 e. The molecule has 0 amide bonds. The average Bonchev–Trinajstić information content (AvgIpc) is 2.58. The number of aromatic nitrogens is 1. The molecular weight excluding hydrogens is 194 g/mol. The summed E-state index contributed by atoms with van der Waals surface area (Å²) in [5.41, 5.74) is 2.18. The lowest BCUT2D eigenvalue weighted by Crippen LogP contribution is -1.99. The third-order valence-corrected chi connectivity index (χ3v) is 2.15. The summed E-state index contributed by atoms with van der Waals surface area (Å²) < 4.78 is 5.42. The van der Waals surface area contributed by atoms with Crippen LogP contribution in [-0.2, 0) is 17.6 Å². The highest BCUT2D eigenvalue weighted by atomic mass is 16.4. The van der Waals surface area contributed by atoms with Gasteiger partial charge in [0.25, 0.3) is 0 Å². The molecule has 78 valence electrons. The van der Waals surface area contributed by atoms with E-state index in [4.69, 9.17) is 9.52 Å². The fraction of sp³-hybridized carbons (Fsp3) is 0.273. The minimum atomic E-state index is -0.839. The first-order chi connectivity index (χ1) is 7.19. The van der Waals surface area contributed by atoms with E-state index in [-0.39, 0.29) is 6.42 Å². The molecule has 1 N–H and O–H groups in total. The highest BCUT2D eigenvalue weighted by molar-refractivity contribution is 5.76. The lowest BCUT2D eigenvalue weighted by Gasteiger charge is -1.94. The molecule has 2 aromatic rings. The summed E-state index contributed by atoms with van der Waals surface area (Å²) in [5, 5.41) is 8.65. The molecule has 2 rings (SSSR count). The van der Waals surface area contributed by atoms with Crippen molar-refractivity contribution in [2.24, 2.45) is 0 Å². The summed E-state index contributed by atoms with van der Waals surface area (Å²) in [7, 11) is 0. The summed E-state index contributed by atoms with van der Waals surface area (Å²) in [6.45, 7) is 1.96. The van der Waals surface area contributed by atoms with E-state index in [0.717, 1.165) is 17.5 Å². The van der Waals surface area contributed by atoms with Gasteiger partial charge in [-0.05, 0) is 17.7 Å². The van der Waals surface area contributed by atoms with Gasteiger partial charge in [-0.2, -0.15) is 0 Å². The van der Waals surface area contributed by atoms with E-state index in [0.29, 0.717) is 11.5 Å². The molecule has 4 nitrogen and oxygen atoms in total. The Hall–Kier alpha value is -1.84. The molecule has 0 aliphatic rings. The Kier molecular flexibility index (Phi) is 2.41. The van der Waals surface area contributed by atoms with Crippen LogP contribution < -0.4 is 0 Å². The van der Waals surface area contributed by atoms with Gasteiger partial charge in [-0.3, -0.25) is 4.79 Å². The normalized spacial score (nSPS) is 10.7. The summed E-state index contributed by atoms with van der Waals surface area (Å²) in [6, 6.07) is 5.27. The second kappa shape index (κ2) is 3.73. The van der Waals surface area contributed by atoms with Crippen molar-refractivity contribution in [1.82, 2.24) is 4.98 Å². The maximum absolute atomic E-state index is 10.5. The number of fused-ring (bicyclic) bond motifs is 1. The van der Waals surface area contributed by atoms with Crippen molar-refractivity contribution in [2.75, 3.05) is 0 Å². The number of benzene rings is 1.